The van der Waals surface area contributed by atoms with E-state index in [0.29, 0.717) is 0 Å². The van der Waals surface area contributed by atoms with E-state index in [4.69, 9.17) is 0 Å². The SMILES string of the molecule is c1ccc(-c2cccc3ccc4c(c5ccccc5n4-c4ccc(N(c5ccccc5)c5ccc6c(c5)-c5ccccc5C65c6ccccc6-c6ccccc65)c5ccccc45)c23)cc1. The summed E-state index contributed by atoms with van der Waals surface area (Å²) in [6.45, 7) is 0. The van der Waals surface area contributed by atoms with Gasteiger partial charge in [-0.15, -0.1) is 0 Å². The molecule has 0 radical (unpaired) electrons. The van der Waals surface area contributed by atoms with Gasteiger partial charge in [-0.2, -0.15) is 0 Å². The molecule has 0 unspecified atom stereocenters. The first-order valence-electron chi connectivity index (χ1n) is 22.6. The largest absolute Gasteiger partial charge is 0.310 e. The van der Waals surface area contributed by atoms with Gasteiger partial charge in [0, 0.05) is 32.9 Å². The summed E-state index contributed by atoms with van der Waals surface area (Å²) >= 11 is 0. The standard InChI is InChI=1S/C63H40N2/c1-3-18-41(19-4-1)45-29-17-20-42-34-37-60-62(61(42)45)51-28-12-16-33-57(51)65(60)59-39-38-58(49-26-7-8-27-50(49)59)64(43-21-5-2-6-22-43)44-35-36-56-52(40-44)48-25-11-15-32-55(48)63(56)53-30-13-9-23-46(53)47-24-10-14-31-54(47)63/h1-40H. The van der Waals surface area contributed by atoms with Gasteiger partial charge in [-0.1, -0.05) is 194 Å². The van der Waals surface area contributed by atoms with E-state index in [-0.39, 0.29) is 5.41 Å². The third-order valence-electron chi connectivity index (χ3n) is 14.4. The predicted octanol–water partition coefficient (Wildman–Crippen LogP) is 16.6. The van der Waals surface area contributed by atoms with Crippen molar-refractivity contribution in [3.05, 3.63) is 265 Å². The maximum atomic E-state index is 2.49. The summed E-state index contributed by atoms with van der Waals surface area (Å²) in [5, 5.41) is 7.42. The number of hydrogen-bond acceptors (Lipinski definition) is 1. The number of aromatic nitrogens is 1. The van der Waals surface area contributed by atoms with Crippen molar-refractivity contribution >= 4 is 60.4 Å². The number of para-hydroxylation sites is 2. The molecule has 0 fully saturated rings. The lowest BCUT2D eigenvalue weighted by molar-refractivity contribution is 0.794. The van der Waals surface area contributed by atoms with E-state index in [0.717, 1.165) is 22.7 Å². The van der Waals surface area contributed by atoms with Crippen molar-refractivity contribution < 1.29 is 0 Å². The second-order valence-corrected chi connectivity index (χ2v) is 17.5. The zero-order chi connectivity index (χ0) is 42.6. The number of benzene rings is 11. The fourth-order valence-corrected chi connectivity index (χ4v) is 11.8. The predicted molar refractivity (Wildman–Crippen MR) is 272 cm³/mol. The number of anilines is 3. The van der Waals surface area contributed by atoms with Crippen LogP contribution in [0.15, 0.2) is 243 Å². The molecule has 0 aliphatic heterocycles. The zero-order valence-corrected chi connectivity index (χ0v) is 35.5. The van der Waals surface area contributed by atoms with Crippen LogP contribution < -0.4 is 4.90 Å². The first kappa shape index (κ1) is 36.1. The second kappa shape index (κ2) is 13.8. The molecule has 0 saturated heterocycles. The molecule has 12 aromatic rings. The van der Waals surface area contributed by atoms with Crippen molar-refractivity contribution in [1.82, 2.24) is 4.57 Å². The molecule has 302 valence electrons. The molecule has 1 aromatic heterocycles. The van der Waals surface area contributed by atoms with E-state index in [1.807, 2.05) is 0 Å². The zero-order valence-electron chi connectivity index (χ0n) is 35.5. The van der Waals surface area contributed by atoms with Crippen LogP contribution in [0.2, 0.25) is 0 Å². The summed E-state index contributed by atoms with van der Waals surface area (Å²) in [6.07, 6.45) is 0. The van der Waals surface area contributed by atoms with E-state index in [1.54, 1.807) is 0 Å². The van der Waals surface area contributed by atoms with Crippen molar-refractivity contribution in [3.63, 3.8) is 0 Å². The molecule has 0 N–H and O–H groups in total. The fraction of sp³-hybridized carbons (Fsp3) is 0.0159. The first-order chi connectivity index (χ1) is 32.3. The topological polar surface area (TPSA) is 8.17 Å². The van der Waals surface area contributed by atoms with Gasteiger partial charge in [0.1, 0.15) is 0 Å². The van der Waals surface area contributed by atoms with Gasteiger partial charge in [-0.05, 0) is 115 Å². The van der Waals surface area contributed by atoms with Crippen molar-refractivity contribution in [1.29, 1.82) is 0 Å². The Morgan fingerprint density at radius 3 is 1.62 bits per heavy atom. The van der Waals surface area contributed by atoms with E-state index in [9.17, 15) is 0 Å². The fourth-order valence-electron chi connectivity index (χ4n) is 11.8. The van der Waals surface area contributed by atoms with E-state index in [1.165, 1.54) is 99.0 Å². The van der Waals surface area contributed by atoms with Crippen LogP contribution in [-0.4, -0.2) is 4.57 Å². The van der Waals surface area contributed by atoms with Gasteiger partial charge in [-0.3, -0.25) is 0 Å². The molecular formula is C63H40N2. The molecule has 2 aliphatic carbocycles. The van der Waals surface area contributed by atoms with Crippen molar-refractivity contribution in [3.8, 4) is 39.1 Å². The van der Waals surface area contributed by atoms with Crippen LogP contribution in [-0.2, 0) is 5.41 Å². The number of rotatable bonds is 5. The van der Waals surface area contributed by atoms with Crippen LogP contribution in [0.4, 0.5) is 17.1 Å². The van der Waals surface area contributed by atoms with Crippen molar-refractivity contribution in [2.75, 3.05) is 4.90 Å². The minimum absolute atomic E-state index is 0.390. The highest BCUT2D eigenvalue weighted by Crippen LogP contribution is 2.63. The molecule has 11 aromatic carbocycles. The average molecular weight is 825 g/mol. The van der Waals surface area contributed by atoms with E-state index < -0.39 is 0 Å². The third-order valence-corrected chi connectivity index (χ3v) is 14.4. The van der Waals surface area contributed by atoms with Crippen molar-refractivity contribution in [2.45, 2.75) is 5.41 Å². The molecule has 0 bridgehead atoms. The molecule has 65 heavy (non-hydrogen) atoms. The Labute approximate surface area is 377 Å². The smallest absolute Gasteiger partial charge is 0.0725 e. The van der Waals surface area contributed by atoms with E-state index in [2.05, 4.69) is 252 Å². The van der Waals surface area contributed by atoms with E-state index >= 15 is 0 Å². The molecule has 0 amide bonds. The third kappa shape index (κ3) is 4.94. The van der Waals surface area contributed by atoms with Gasteiger partial charge in [0.2, 0.25) is 0 Å². The highest BCUT2D eigenvalue weighted by molar-refractivity contribution is 6.25. The number of fused-ring (bicyclic) bond motifs is 16. The van der Waals surface area contributed by atoms with Crippen LogP contribution >= 0.6 is 0 Å². The van der Waals surface area contributed by atoms with Gasteiger partial charge in [0.25, 0.3) is 0 Å². The Morgan fingerprint density at radius 2 is 0.892 bits per heavy atom. The minimum atomic E-state index is -0.390. The maximum absolute atomic E-state index is 2.49. The summed E-state index contributed by atoms with van der Waals surface area (Å²) in [5.41, 5.74) is 19.6. The highest BCUT2D eigenvalue weighted by atomic mass is 15.1. The Hall–Kier alpha value is -8.46. The molecule has 0 saturated carbocycles. The van der Waals surface area contributed by atoms with Gasteiger partial charge >= 0.3 is 0 Å². The quantitative estimate of drug-likeness (QED) is 0.168. The summed E-state index contributed by atoms with van der Waals surface area (Å²) in [4.78, 5) is 2.46. The lowest BCUT2D eigenvalue weighted by atomic mass is 9.70. The maximum Gasteiger partial charge on any atom is 0.0725 e. The van der Waals surface area contributed by atoms with Gasteiger partial charge in [0.05, 0.1) is 27.8 Å². The van der Waals surface area contributed by atoms with Gasteiger partial charge in [-0.25, -0.2) is 0 Å². The molecule has 2 nitrogen and oxygen atoms in total. The summed E-state index contributed by atoms with van der Waals surface area (Å²) in [5.74, 6) is 0. The Morgan fingerprint density at radius 1 is 0.323 bits per heavy atom. The molecule has 2 heteroatoms. The normalized spacial score (nSPS) is 13.0. The highest BCUT2D eigenvalue weighted by Gasteiger charge is 2.51. The summed E-state index contributed by atoms with van der Waals surface area (Å²) < 4.78 is 2.49. The number of hydrogen-bond donors (Lipinski definition) is 0. The van der Waals surface area contributed by atoms with Crippen molar-refractivity contribution in [2.24, 2.45) is 0 Å². The van der Waals surface area contributed by atoms with Crippen LogP contribution in [0.1, 0.15) is 22.3 Å². The average Bonchev–Trinajstić information content (AvgIpc) is 3.99. The Balaban J connectivity index is 1.00. The molecule has 14 rings (SSSR count). The molecule has 0 atom stereocenters. The molecule has 2 aliphatic rings. The minimum Gasteiger partial charge on any atom is -0.310 e. The monoisotopic (exact) mass is 824 g/mol. The Bertz CT molecular complexity index is 3850. The summed E-state index contributed by atoms with van der Waals surface area (Å²) in [7, 11) is 0. The van der Waals surface area contributed by atoms with Crippen LogP contribution in [0, 0.1) is 0 Å². The first-order valence-corrected chi connectivity index (χ1v) is 22.6. The molecule has 1 heterocycles. The van der Waals surface area contributed by atoms with Crippen LogP contribution in [0.3, 0.4) is 0 Å². The second-order valence-electron chi connectivity index (χ2n) is 17.5. The van der Waals surface area contributed by atoms with Gasteiger partial charge < -0.3 is 9.47 Å². The lowest BCUT2D eigenvalue weighted by Crippen LogP contribution is -2.25. The molecule has 1 spiro atoms. The van der Waals surface area contributed by atoms with Crippen LogP contribution in [0.25, 0.3) is 82.4 Å². The van der Waals surface area contributed by atoms with Gasteiger partial charge in [0.15, 0.2) is 0 Å². The lowest BCUT2D eigenvalue weighted by Gasteiger charge is -2.31. The molecular weight excluding hydrogens is 785 g/mol. The number of nitrogens with zero attached hydrogens (tertiary/aromatic N) is 2. The van der Waals surface area contributed by atoms with Crippen LogP contribution in [0.5, 0.6) is 0 Å². The Kier molecular flexibility index (Phi) is 7.64. The summed E-state index contributed by atoms with van der Waals surface area (Å²) in [6, 6.07) is 89.9.